The number of pyridine rings is 1. The fourth-order valence-electron chi connectivity index (χ4n) is 0.886. The first-order chi connectivity index (χ1) is 6.47. The van der Waals surface area contributed by atoms with Crippen LogP contribution in [0.25, 0.3) is 0 Å². The zero-order valence-electron chi connectivity index (χ0n) is 7.23. The van der Waals surface area contributed by atoms with E-state index in [2.05, 4.69) is 9.72 Å². The van der Waals surface area contributed by atoms with Crippen molar-refractivity contribution in [3.63, 3.8) is 0 Å². The summed E-state index contributed by atoms with van der Waals surface area (Å²) in [6, 6.07) is 2.51. The number of methoxy groups -OCH3 is 1. The molecule has 0 aliphatic heterocycles. The Morgan fingerprint density at radius 2 is 2.07 bits per heavy atom. The number of nitrogens with zero attached hydrogens (tertiary/aromatic N) is 1. The number of hydrogen-bond donors (Lipinski definition) is 0. The van der Waals surface area contributed by atoms with Gasteiger partial charge in [0, 0.05) is 10.5 Å². The highest BCUT2D eigenvalue weighted by Crippen LogP contribution is 2.30. The topological polar surface area (TPSA) is 22.1 Å². The molecule has 0 saturated carbocycles. The molecule has 1 aromatic rings. The average Bonchev–Trinajstić information content (AvgIpc) is 2.15. The standard InChI is InChI=1S/C8H7F3INO/c1-14-7-3-5(4-12)2-6(13-7)8(9,10)11/h2-3H,4H2,1H3. The molecule has 2 nitrogen and oxygen atoms in total. The molecule has 0 bridgehead atoms. The van der Waals surface area contributed by atoms with Crippen molar-refractivity contribution >= 4 is 22.6 Å². The summed E-state index contributed by atoms with van der Waals surface area (Å²) in [5.74, 6) is -0.00788. The first kappa shape index (κ1) is 11.5. The Bertz CT molecular complexity index is 305. The van der Waals surface area contributed by atoms with Crippen LogP contribution in [0.5, 0.6) is 5.88 Å². The number of hydrogen-bond acceptors (Lipinski definition) is 2. The lowest BCUT2D eigenvalue weighted by Gasteiger charge is -2.08. The molecule has 0 aliphatic rings. The molecular weight excluding hydrogens is 310 g/mol. The van der Waals surface area contributed by atoms with Gasteiger partial charge in [0.1, 0.15) is 5.69 Å². The summed E-state index contributed by atoms with van der Waals surface area (Å²) >= 11 is 1.98. The van der Waals surface area contributed by atoms with Gasteiger partial charge in [0.05, 0.1) is 7.11 Å². The van der Waals surface area contributed by atoms with Crippen LogP contribution in [0, 0.1) is 0 Å². The van der Waals surface area contributed by atoms with Gasteiger partial charge in [0.15, 0.2) is 0 Å². The van der Waals surface area contributed by atoms with Gasteiger partial charge in [-0.05, 0) is 11.6 Å². The van der Waals surface area contributed by atoms with Gasteiger partial charge in [-0.2, -0.15) is 13.2 Å². The summed E-state index contributed by atoms with van der Waals surface area (Å²) in [6.45, 7) is 0. The number of halogens is 4. The summed E-state index contributed by atoms with van der Waals surface area (Å²) in [7, 11) is 1.29. The minimum Gasteiger partial charge on any atom is -0.481 e. The van der Waals surface area contributed by atoms with Crippen molar-refractivity contribution in [1.82, 2.24) is 4.98 Å². The van der Waals surface area contributed by atoms with Crippen LogP contribution in [0.15, 0.2) is 12.1 Å². The summed E-state index contributed by atoms with van der Waals surface area (Å²) in [5.41, 5.74) is -0.367. The quantitative estimate of drug-likeness (QED) is 0.618. The molecule has 0 aromatic carbocycles. The predicted octanol–water partition coefficient (Wildman–Crippen LogP) is 3.04. The van der Waals surface area contributed by atoms with Crippen LogP contribution >= 0.6 is 22.6 Å². The van der Waals surface area contributed by atoms with Crippen LogP contribution in [-0.4, -0.2) is 12.1 Å². The fourth-order valence-corrected chi connectivity index (χ4v) is 1.33. The van der Waals surface area contributed by atoms with Gasteiger partial charge in [-0.1, -0.05) is 22.6 Å². The highest BCUT2D eigenvalue weighted by molar-refractivity contribution is 14.1. The maximum absolute atomic E-state index is 12.3. The normalized spacial score (nSPS) is 11.5. The molecule has 0 spiro atoms. The van der Waals surface area contributed by atoms with Crippen molar-refractivity contribution < 1.29 is 17.9 Å². The second-order valence-corrected chi connectivity index (χ2v) is 3.30. The minimum atomic E-state index is -4.42. The number of alkyl halides is 4. The Labute approximate surface area is 92.6 Å². The third-order valence-electron chi connectivity index (χ3n) is 1.52. The van der Waals surface area contributed by atoms with Crippen molar-refractivity contribution in [2.24, 2.45) is 0 Å². The molecular formula is C8H7F3INO. The molecule has 0 atom stereocenters. The van der Waals surface area contributed by atoms with E-state index in [1.807, 2.05) is 22.6 Å². The summed E-state index contributed by atoms with van der Waals surface area (Å²) in [6.07, 6.45) is -4.42. The molecule has 0 saturated heterocycles. The first-order valence-electron chi connectivity index (χ1n) is 3.65. The molecule has 0 radical (unpaired) electrons. The molecule has 1 heterocycles. The zero-order chi connectivity index (χ0) is 10.8. The van der Waals surface area contributed by atoms with Crippen LogP contribution in [-0.2, 0) is 10.6 Å². The molecule has 0 amide bonds. The first-order valence-corrected chi connectivity index (χ1v) is 5.18. The van der Waals surface area contributed by atoms with Gasteiger partial charge in [-0.25, -0.2) is 4.98 Å². The Balaban J connectivity index is 3.17. The van der Waals surface area contributed by atoms with Crippen LogP contribution in [0.2, 0.25) is 0 Å². The van der Waals surface area contributed by atoms with Gasteiger partial charge < -0.3 is 4.74 Å². The summed E-state index contributed by atoms with van der Waals surface area (Å²) < 4.78 is 42.1. The number of rotatable bonds is 2. The van der Waals surface area contributed by atoms with E-state index >= 15 is 0 Å². The van der Waals surface area contributed by atoms with Gasteiger partial charge in [-0.15, -0.1) is 0 Å². The highest BCUT2D eigenvalue weighted by Gasteiger charge is 2.33. The molecule has 0 unspecified atom stereocenters. The number of ether oxygens (including phenoxy) is 1. The van der Waals surface area contributed by atoms with E-state index in [9.17, 15) is 13.2 Å². The predicted molar refractivity (Wildman–Crippen MR) is 53.5 cm³/mol. The van der Waals surface area contributed by atoms with Crippen molar-refractivity contribution in [2.75, 3.05) is 7.11 Å². The van der Waals surface area contributed by atoms with E-state index in [-0.39, 0.29) is 5.88 Å². The molecule has 6 heteroatoms. The Morgan fingerprint density at radius 1 is 1.43 bits per heavy atom. The van der Waals surface area contributed by atoms with Crippen molar-refractivity contribution in [2.45, 2.75) is 10.6 Å². The van der Waals surface area contributed by atoms with E-state index in [4.69, 9.17) is 0 Å². The van der Waals surface area contributed by atoms with E-state index in [0.29, 0.717) is 9.99 Å². The monoisotopic (exact) mass is 317 g/mol. The van der Waals surface area contributed by atoms with E-state index in [1.54, 1.807) is 0 Å². The third-order valence-corrected chi connectivity index (χ3v) is 2.40. The third kappa shape index (κ3) is 2.73. The largest absolute Gasteiger partial charge is 0.481 e. The lowest BCUT2D eigenvalue weighted by molar-refractivity contribution is -0.141. The van der Waals surface area contributed by atoms with E-state index in [1.165, 1.54) is 13.2 Å². The van der Waals surface area contributed by atoms with E-state index < -0.39 is 11.9 Å². The van der Waals surface area contributed by atoms with Gasteiger partial charge >= 0.3 is 6.18 Å². The zero-order valence-corrected chi connectivity index (χ0v) is 9.39. The van der Waals surface area contributed by atoms with Crippen molar-refractivity contribution in [3.05, 3.63) is 23.4 Å². The highest BCUT2D eigenvalue weighted by atomic mass is 127. The van der Waals surface area contributed by atoms with Crippen LogP contribution in [0.3, 0.4) is 0 Å². The second-order valence-electron chi connectivity index (χ2n) is 2.53. The Hall–Kier alpha value is -0.530. The minimum absolute atomic E-state index is 0.00788. The van der Waals surface area contributed by atoms with Crippen molar-refractivity contribution in [1.29, 1.82) is 0 Å². The summed E-state index contributed by atoms with van der Waals surface area (Å²) in [4.78, 5) is 3.32. The lowest BCUT2D eigenvalue weighted by atomic mass is 10.2. The smallest absolute Gasteiger partial charge is 0.433 e. The molecule has 1 rings (SSSR count). The molecule has 0 N–H and O–H groups in total. The molecule has 0 aliphatic carbocycles. The summed E-state index contributed by atoms with van der Waals surface area (Å²) in [5, 5.41) is 0. The Morgan fingerprint density at radius 3 is 2.50 bits per heavy atom. The van der Waals surface area contributed by atoms with Crippen LogP contribution in [0.4, 0.5) is 13.2 Å². The lowest BCUT2D eigenvalue weighted by Crippen LogP contribution is -2.09. The van der Waals surface area contributed by atoms with Gasteiger partial charge in [-0.3, -0.25) is 0 Å². The van der Waals surface area contributed by atoms with E-state index in [0.717, 1.165) is 6.07 Å². The fraction of sp³-hybridized carbons (Fsp3) is 0.375. The SMILES string of the molecule is COc1cc(CI)cc(C(F)(F)F)n1. The van der Waals surface area contributed by atoms with Gasteiger partial charge in [0.25, 0.3) is 0 Å². The second kappa shape index (κ2) is 4.33. The number of aromatic nitrogens is 1. The maximum Gasteiger partial charge on any atom is 0.433 e. The Kier molecular flexibility index (Phi) is 3.57. The molecule has 14 heavy (non-hydrogen) atoms. The molecule has 78 valence electrons. The maximum atomic E-state index is 12.3. The van der Waals surface area contributed by atoms with Crippen molar-refractivity contribution in [3.8, 4) is 5.88 Å². The van der Waals surface area contributed by atoms with Crippen LogP contribution < -0.4 is 4.74 Å². The molecule has 0 fully saturated rings. The van der Waals surface area contributed by atoms with Gasteiger partial charge in [0.2, 0.25) is 5.88 Å². The molecule has 1 aromatic heterocycles. The average molecular weight is 317 g/mol. The van der Waals surface area contributed by atoms with Crippen LogP contribution in [0.1, 0.15) is 11.3 Å².